The number of epoxide rings is 1. The number of hydrogen-bond donors (Lipinski definition) is 1. The van der Waals surface area contributed by atoms with Crippen LogP contribution in [-0.4, -0.2) is 30.5 Å². The number of fused-ring (bicyclic) bond motifs is 1. The molecule has 0 spiro atoms. The van der Waals surface area contributed by atoms with E-state index in [9.17, 15) is 14.4 Å². The lowest BCUT2D eigenvalue weighted by molar-refractivity contribution is -0.135. The maximum Gasteiger partial charge on any atom is 0.343 e. The first kappa shape index (κ1) is 16.3. The van der Waals surface area contributed by atoms with Gasteiger partial charge < -0.3 is 20.1 Å². The van der Waals surface area contributed by atoms with Gasteiger partial charge in [-0.25, -0.2) is 4.79 Å². The van der Waals surface area contributed by atoms with Gasteiger partial charge in [-0.3, -0.25) is 9.59 Å². The molecule has 26 heavy (non-hydrogen) atoms. The molecule has 7 nitrogen and oxygen atoms in total. The van der Waals surface area contributed by atoms with Gasteiger partial charge in [-0.2, -0.15) is 0 Å². The van der Waals surface area contributed by atoms with Crippen molar-refractivity contribution in [3.63, 3.8) is 0 Å². The molecule has 7 heteroatoms. The van der Waals surface area contributed by atoms with Gasteiger partial charge >= 0.3 is 5.97 Å². The molecular formula is C19H16N2O5. The third-order valence-electron chi connectivity index (χ3n) is 4.56. The van der Waals surface area contributed by atoms with E-state index in [0.29, 0.717) is 30.0 Å². The van der Waals surface area contributed by atoms with Crippen molar-refractivity contribution in [2.24, 2.45) is 5.73 Å². The van der Waals surface area contributed by atoms with Crippen molar-refractivity contribution in [2.45, 2.75) is 19.6 Å². The Labute approximate surface area is 149 Å². The van der Waals surface area contributed by atoms with Crippen LogP contribution in [0, 0.1) is 6.92 Å². The summed E-state index contributed by atoms with van der Waals surface area (Å²) in [6, 6.07) is 10.5. The highest BCUT2D eigenvalue weighted by Gasteiger charge is 2.35. The summed E-state index contributed by atoms with van der Waals surface area (Å²) in [6.45, 7) is 2.39. The SMILES string of the molecule is Cc1c(N2Cc3ccccc3C2=O)ccc(OC(=O)C2CO2)c1C(N)=O. The van der Waals surface area contributed by atoms with Crippen LogP contribution in [0.2, 0.25) is 0 Å². The second-order valence-corrected chi connectivity index (χ2v) is 6.24. The van der Waals surface area contributed by atoms with Gasteiger partial charge in [0.25, 0.3) is 11.8 Å². The van der Waals surface area contributed by atoms with Gasteiger partial charge in [-0.15, -0.1) is 0 Å². The Morgan fingerprint density at radius 2 is 1.96 bits per heavy atom. The van der Waals surface area contributed by atoms with Crippen LogP contribution in [0.25, 0.3) is 0 Å². The largest absolute Gasteiger partial charge is 0.424 e. The Morgan fingerprint density at radius 3 is 2.62 bits per heavy atom. The highest BCUT2D eigenvalue weighted by molar-refractivity contribution is 6.11. The summed E-state index contributed by atoms with van der Waals surface area (Å²) in [5, 5.41) is 0. The Bertz CT molecular complexity index is 949. The molecule has 2 heterocycles. The van der Waals surface area contributed by atoms with Crippen molar-refractivity contribution < 1.29 is 23.9 Å². The molecule has 1 unspecified atom stereocenters. The van der Waals surface area contributed by atoms with Crippen molar-refractivity contribution in [3.05, 3.63) is 58.7 Å². The predicted molar refractivity (Wildman–Crippen MR) is 92.0 cm³/mol. The quantitative estimate of drug-likeness (QED) is 0.511. The molecule has 2 aliphatic heterocycles. The number of amides is 2. The monoisotopic (exact) mass is 352 g/mol. The molecule has 132 valence electrons. The number of carbonyl (C=O) groups is 3. The van der Waals surface area contributed by atoms with E-state index in [1.165, 1.54) is 6.07 Å². The number of hydrogen-bond acceptors (Lipinski definition) is 5. The minimum absolute atomic E-state index is 0.0726. The zero-order valence-corrected chi connectivity index (χ0v) is 14.0. The number of nitrogens with two attached hydrogens (primary N) is 1. The third-order valence-corrected chi connectivity index (χ3v) is 4.56. The lowest BCUT2D eigenvalue weighted by Crippen LogP contribution is -2.26. The van der Waals surface area contributed by atoms with E-state index < -0.39 is 18.0 Å². The van der Waals surface area contributed by atoms with E-state index in [1.54, 1.807) is 24.0 Å². The molecule has 2 N–H and O–H groups in total. The Balaban J connectivity index is 1.72. The number of nitrogens with zero attached hydrogens (tertiary/aromatic N) is 1. The Morgan fingerprint density at radius 1 is 1.23 bits per heavy atom. The van der Waals surface area contributed by atoms with Crippen LogP contribution in [0.15, 0.2) is 36.4 Å². The van der Waals surface area contributed by atoms with E-state index >= 15 is 0 Å². The predicted octanol–water partition coefficient (Wildman–Crippen LogP) is 1.56. The molecule has 2 aromatic carbocycles. The molecule has 4 rings (SSSR count). The maximum absolute atomic E-state index is 12.7. The second-order valence-electron chi connectivity index (χ2n) is 6.24. The normalized spacial score (nSPS) is 17.8. The lowest BCUT2D eigenvalue weighted by atomic mass is 10.0. The van der Waals surface area contributed by atoms with Gasteiger partial charge in [-0.1, -0.05) is 18.2 Å². The number of primary amides is 1. The summed E-state index contributed by atoms with van der Waals surface area (Å²) in [7, 11) is 0. The average Bonchev–Trinajstić information content (AvgIpc) is 3.40. The van der Waals surface area contributed by atoms with Crippen molar-refractivity contribution in [1.82, 2.24) is 0 Å². The van der Waals surface area contributed by atoms with Gasteiger partial charge in [0.05, 0.1) is 18.7 Å². The first-order chi connectivity index (χ1) is 12.5. The highest BCUT2D eigenvalue weighted by Crippen LogP contribution is 2.35. The maximum atomic E-state index is 12.7. The van der Waals surface area contributed by atoms with Gasteiger partial charge in [0, 0.05) is 11.3 Å². The van der Waals surface area contributed by atoms with Crippen LogP contribution in [0.3, 0.4) is 0 Å². The zero-order valence-electron chi connectivity index (χ0n) is 14.0. The number of esters is 1. The van der Waals surface area contributed by atoms with E-state index in [2.05, 4.69) is 0 Å². The molecular weight excluding hydrogens is 336 g/mol. The Hall–Kier alpha value is -3.19. The van der Waals surface area contributed by atoms with Crippen LogP contribution < -0.4 is 15.4 Å². The van der Waals surface area contributed by atoms with Gasteiger partial charge in [0.1, 0.15) is 5.75 Å². The fourth-order valence-electron chi connectivity index (χ4n) is 3.17. The molecule has 1 saturated heterocycles. The first-order valence-corrected chi connectivity index (χ1v) is 8.14. The van der Waals surface area contributed by atoms with Crippen LogP contribution in [0.5, 0.6) is 5.75 Å². The average molecular weight is 352 g/mol. The molecule has 0 bridgehead atoms. The van der Waals surface area contributed by atoms with Crippen molar-refractivity contribution in [2.75, 3.05) is 11.5 Å². The van der Waals surface area contributed by atoms with Crippen molar-refractivity contribution in [1.29, 1.82) is 0 Å². The van der Waals surface area contributed by atoms with Crippen LogP contribution in [0.1, 0.15) is 31.8 Å². The molecule has 0 aromatic heterocycles. The highest BCUT2D eigenvalue weighted by atomic mass is 16.6. The minimum Gasteiger partial charge on any atom is -0.424 e. The summed E-state index contributed by atoms with van der Waals surface area (Å²) in [5.74, 6) is -1.36. The number of rotatable bonds is 4. The molecule has 0 radical (unpaired) electrons. The van der Waals surface area contributed by atoms with E-state index in [4.69, 9.17) is 15.2 Å². The minimum atomic E-state index is -0.729. The molecule has 0 aliphatic carbocycles. The van der Waals surface area contributed by atoms with E-state index in [-0.39, 0.29) is 17.2 Å². The Kier molecular flexibility index (Phi) is 3.73. The summed E-state index contributed by atoms with van der Waals surface area (Å²) >= 11 is 0. The molecule has 1 fully saturated rings. The van der Waals surface area contributed by atoms with E-state index in [0.717, 1.165) is 5.56 Å². The standard InChI is InChI=1S/C19H16N2O5/c1-10-13(21-8-11-4-2-3-5-12(11)18(21)23)6-7-14(16(10)17(20)22)26-19(24)15-9-25-15/h2-7,15H,8-9H2,1H3,(H2,20,22). The number of benzene rings is 2. The van der Waals surface area contributed by atoms with Crippen LogP contribution in [0.4, 0.5) is 5.69 Å². The van der Waals surface area contributed by atoms with Gasteiger partial charge in [-0.05, 0) is 36.2 Å². The van der Waals surface area contributed by atoms with E-state index in [1.807, 2.05) is 18.2 Å². The topological polar surface area (TPSA) is 102 Å². The van der Waals surface area contributed by atoms with Gasteiger partial charge in [0.15, 0.2) is 6.10 Å². The number of anilines is 1. The molecule has 1 atom stereocenters. The second kappa shape index (κ2) is 5.96. The molecule has 2 aromatic rings. The summed E-state index contributed by atoms with van der Waals surface area (Å²) in [6.07, 6.45) is -0.592. The molecule has 2 amide bonds. The van der Waals surface area contributed by atoms with Crippen LogP contribution >= 0.6 is 0 Å². The van der Waals surface area contributed by atoms with Crippen LogP contribution in [-0.2, 0) is 16.1 Å². The fourth-order valence-corrected chi connectivity index (χ4v) is 3.17. The smallest absolute Gasteiger partial charge is 0.343 e. The number of carbonyl (C=O) groups excluding carboxylic acids is 3. The molecule has 2 aliphatic rings. The number of ether oxygens (including phenoxy) is 2. The molecule has 0 saturated carbocycles. The van der Waals surface area contributed by atoms with Crippen molar-refractivity contribution >= 4 is 23.5 Å². The summed E-state index contributed by atoms with van der Waals surface area (Å²) < 4.78 is 10.1. The third kappa shape index (κ3) is 2.62. The van der Waals surface area contributed by atoms with Gasteiger partial charge in [0.2, 0.25) is 0 Å². The zero-order chi connectivity index (χ0) is 18.4. The lowest BCUT2D eigenvalue weighted by Gasteiger charge is -2.21. The van der Waals surface area contributed by atoms with Crippen molar-refractivity contribution in [3.8, 4) is 5.75 Å². The first-order valence-electron chi connectivity index (χ1n) is 8.14. The summed E-state index contributed by atoms with van der Waals surface area (Å²) in [4.78, 5) is 38.1. The fraction of sp³-hybridized carbons (Fsp3) is 0.211. The summed E-state index contributed by atoms with van der Waals surface area (Å²) in [5.41, 5.74) is 8.18.